The van der Waals surface area contributed by atoms with Crippen LogP contribution in [0.5, 0.6) is 0 Å². The molecule has 2 aliphatic rings. The Kier molecular flexibility index (Phi) is 2.41. The summed E-state index contributed by atoms with van der Waals surface area (Å²) < 4.78 is 10.0. The summed E-state index contributed by atoms with van der Waals surface area (Å²) in [6, 6.07) is 8.81. The van der Waals surface area contributed by atoms with Crippen molar-refractivity contribution in [3.8, 4) is 0 Å². The molecule has 82 valence electrons. The molecule has 0 bridgehead atoms. The van der Waals surface area contributed by atoms with Gasteiger partial charge in [0.05, 0.1) is 12.5 Å². The van der Waals surface area contributed by atoms with Crippen LogP contribution in [-0.2, 0) is 22.3 Å². The van der Waals surface area contributed by atoms with Crippen LogP contribution in [0.1, 0.15) is 11.1 Å². The Bertz CT molecular complexity index is 397. The molecule has 0 spiro atoms. The third-order valence-corrected chi connectivity index (χ3v) is 2.92. The molecule has 0 radical (unpaired) electrons. The second-order valence-corrected chi connectivity index (χ2v) is 4.34. The maximum atomic E-state index is 5.02. The topological polar surface area (TPSA) is 18.5 Å². The van der Waals surface area contributed by atoms with Crippen LogP contribution < -0.4 is 0 Å². The maximum Gasteiger partial charge on any atom is 0.112 e. The molecule has 3 rings (SSSR count). The fraction of sp³-hybridized carbons (Fsp3) is 0.286. The summed E-state index contributed by atoms with van der Waals surface area (Å²) in [4.78, 5) is 0. The number of ether oxygens (including phenoxy) is 2. The van der Waals surface area contributed by atoms with Crippen molar-refractivity contribution in [2.45, 2.75) is 12.8 Å². The molecular weight excluding hydrogens is 200 g/mol. The first-order chi connectivity index (χ1) is 7.90. The highest BCUT2D eigenvalue weighted by atomic mass is 16.5. The highest BCUT2D eigenvalue weighted by Crippen LogP contribution is 2.18. The molecule has 0 fully saturated rings. The van der Waals surface area contributed by atoms with Gasteiger partial charge in [0.1, 0.15) is 13.2 Å². The Hall–Kier alpha value is -1.70. The first-order valence-corrected chi connectivity index (χ1v) is 5.57. The molecule has 0 aromatic heterocycles. The van der Waals surface area contributed by atoms with Gasteiger partial charge in [-0.3, -0.25) is 0 Å². The van der Waals surface area contributed by atoms with E-state index >= 15 is 0 Å². The monoisotopic (exact) mass is 214 g/mol. The van der Waals surface area contributed by atoms with E-state index in [4.69, 9.17) is 9.47 Å². The van der Waals surface area contributed by atoms with Gasteiger partial charge in [-0.05, 0) is 24.0 Å². The van der Waals surface area contributed by atoms with Gasteiger partial charge >= 0.3 is 0 Å². The van der Waals surface area contributed by atoms with Crippen LogP contribution in [0.3, 0.4) is 0 Å². The maximum absolute atomic E-state index is 5.02. The van der Waals surface area contributed by atoms with Crippen molar-refractivity contribution >= 4 is 0 Å². The molecule has 0 amide bonds. The lowest BCUT2D eigenvalue weighted by Gasteiger charge is -2.17. The summed E-state index contributed by atoms with van der Waals surface area (Å²) in [5, 5.41) is 0. The molecule has 16 heavy (non-hydrogen) atoms. The van der Waals surface area contributed by atoms with Gasteiger partial charge in [-0.25, -0.2) is 0 Å². The Labute approximate surface area is 95.2 Å². The highest BCUT2D eigenvalue weighted by molar-refractivity contribution is 5.30. The van der Waals surface area contributed by atoms with Crippen molar-refractivity contribution in [2.24, 2.45) is 0 Å². The predicted molar refractivity (Wildman–Crippen MR) is 61.9 cm³/mol. The quantitative estimate of drug-likeness (QED) is 0.767. The van der Waals surface area contributed by atoms with Gasteiger partial charge < -0.3 is 9.47 Å². The van der Waals surface area contributed by atoms with E-state index in [2.05, 4.69) is 24.3 Å². The van der Waals surface area contributed by atoms with Crippen LogP contribution in [0, 0.1) is 0 Å². The number of hydrogen-bond donors (Lipinski definition) is 0. The van der Waals surface area contributed by atoms with Crippen LogP contribution in [0.4, 0.5) is 0 Å². The van der Waals surface area contributed by atoms with E-state index in [0.717, 1.165) is 26.1 Å². The first-order valence-electron chi connectivity index (χ1n) is 5.57. The summed E-state index contributed by atoms with van der Waals surface area (Å²) in [6.07, 6.45) is 5.74. The molecule has 0 unspecified atom stereocenters. The lowest BCUT2D eigenvalue weighted by Crippen LogP contribution is -2.08. The van der Waals surface area contributed by atoms with Crippen molar-refractivity contribution in [3.63, 3.8) is 0 Å². The Balaban J connectivity index is 1.64. The van der Waals surface area contributed by atoms with E-state index in [1.165, 1.54) is 22.3 Å². The van der Waals surface area contributed by atoms with Crippen molar-refractivity contribution in [1.82, 2.24) is 0 Å². The van der Waals surface area contributed by atoms with E-state index in [1.54, 1.807) is 0 Å². The average Bonchev–Trinajstić information content (AvgIpc) is 2.19. The molecule has 0 saturated carbocycles. The number of benzene rings is 1. The summed E-state index contributed by atoms with van der Waals surface area (Å²) in [6.45, 7) is 1.60. The molecule has 2 heterocycles. The Morgan fingerprint density at radius 2 is 1.12 bits per heavy atom. The normalized spacial score (nSPS) is 17.2. The summed E-state index contributed by atoms with van der Waals surface area (Å²) in [5.41, 5.74) is 5.47. The lowest BCUT2D eigenvalue weighted by molar-refractivity contribution is 0.220. The zero-order valence-corrected chi connectivity index (χ0v) is 9.11. The molecule has 2 nitrogen and oxygen atoms in total. The van der Waals surface area contributed by atoms with Gasteiger partial charge in [-0.1, -0.05) is 24.3 Å². The van der Waals surface area contributed by atoms with E-state index in [-0.39, 0.29) is 0 Å². The van der Waals surface area contributed by atoms with Crippen molar-refractivity contribution in [1.29, 1.82) is 0 Å². The van der Waals surface area contributed by atoms with Crippen LogP contribution in [0.2, 0.25) is 0 Å². The largest absolute Gasteiger partial charge is 0.497 e. The van der Waals surface area contributed by atoms with Gasteiger partial charge in [-0.2, -0.15) is 0 Å². The minimum absolute atomic E-state index is 0.798. The molecule has 2 heteroatoms. The van der Waals surface area contributed by atoms with E-state index in [9.17, 15) is 0 Å². The Morgan fingerprint density at radius 3 is 1.38 bits per heavy atom. The van der Waals surface area contributed by atoms with Crippen molar-refractivity contribution in [2.75, 3.05) is 13.2 Å². The number of hydrogen-bond acceptors (Lipinski definition) is 2. The molecule has 0 aliphatic carbocycles. The molecule has 1 aromatic carbocycles. The summed E-state index contributed by atoms with van der Waals surface area (Å²) in [7, 11) is 0. The SMILES string of the molecule is C1=C(Cc2ccc(CC3=COC3)cc2)CO1. The van der Waals surface area contributed by atoms with E-state index in [1.807, 2.05) is 12.5 Å². The summed E-state index contributed by atoms with van der Waals surface area (Å²) >= 11 is 0. The molecule has 0 saturated heterocycles. The zero-order valence-electron chi connectivity index (χ0n) is 9.11. The third kappa shape index (κ3) is 1.96. The van der Waals surface area contributed by atoms with Gasteiger partial charge in [0.15, 0.2) is 0 Å². The molecule has 2 aliphatic heterocycles. The minimum atomic E-state index is 0.798. The fourth-order valence-corrected chi connectivity index (χ4v) is 1.89. The Morgan fingerprint density at radius 1 is 0.750 bits per heavy atom. The summed E-state index contributed by atoms with van der Waals surface area (Å²) in [5.74, 6) is 0. The molecule has 0 atom stereocenters. The van der Waals surface area contributed by atoms with Crippen molar-refractivity contribution < 1.29 is 9.47 Å². The van der Waals surface area contributed by atoms with E-state index in [0.29, 0.717) is 0 Å². The zero-order chi connectivity index (χ0) is 10.8. The average molecular weight is 214 g/mol. The smallest absolute Gasteiger partial charge is 0.112 e. The van der Waals surface area contributed by atoms with Gasteiger partial charge in [0.2, 0.25) is 0 Å². The predicted octanol–water partition coefficient (Wildman–Crippen LogP) is 2.60. The van der Waals surface area contributed by atoms with Gasteiger partial charge in [-0.15, -0.1) is 0 Å². The first kappa shape index (κ1) is 9.52. The van der Waals surface area contributed by atoms with Gasteiger partial charge in [0.25, 0.3) is 0 Å². The second kappa shape index (κ2) is 4.05. The van der Waals surface area contributed by atoms with E-state index < -0.39 is 0 Å². The highest BCUT2D eigenvalue weighted by Gasteiger charge is 2.09. The van der Waals surface area contributed by atoms with Gasteiger partial charge in [0, 0.05) is 11.1 Å². The number of rotatable bonds is 4. The van der Waals surface area contributed by atoms with Crippen molar-refractivity contribution in [3.05, 3.63) is 59.1 Å². The molecule has 0 N–H and O–H groups in total. The standard InChI is InChI=1S/C14H14O2/c1-2-12(6-14-9-16-10-14)4-3-11(1)5-13-7-15-8-13/h1-4,7,9H,5-6,8,10H2. The molecular formula is C14H14O2. The van der Waals surface area contributed by atoms with Crippen LogP contribution in [-0.4, -0.2) is 13.2 Å². The fourth-order valence-electron chi connectivity index (χ4n) is 1.89. The third-order valence-electron chi connectivity index (χ3n) is 2.92. The second-order valence-electron chi connectivity index (χ2n) is 4.34. The minimum Gasteiger partial charge on any atom is -0.497 e. The molecule has 1 aromatic rings. The van der Waals surface area contributed by atoms with Crippen LogP contribution in [0.25, 0.3) is 0 Å². The van der Waals surface area contributed by atoms with Crippen LogP contribution >= 0.6 is 0 Å². The van der Waals surface area contributed by atoms with Crippen LogP contribution in [0.15, 0.2) is 47.9 Å². The lowest BCUT2D eigenvalue weighted by atomic mass is 10.0.